The van der Waals surface area contributed by atoms with Gasteiger partial charge >= 0.3 is 0 Å². The Morgan fingerprint density at radius 3 is 2.55 bits per heavy atom. The van der Waals surface area contributed by atoms with Crippen molar-refractivity contribution in [3.63, 3.8) is 0 Å². The molecule has 1 aromatic carbocycles. The summed E-state index contributed by atoms with van der Waals surface area (Å²) >= 11 is 0. The fourth-order valence-electron chi connectivity index (χ4n) is 3.71. The number of hydrogen-bond acceptors (Lipinski definition) is 7. The van der Waals surface area contributed by atoms with E-state index in [2.05, 4.69) is 15.3 Å². The normalized spacial score (nSPS) is 24.2. The summed E-state index contributed by atoms with van der Waals surface area (Å²) in [5, 5.41) is 24.7. The Morgan fingerprint density at radius 1 is 1.03 bits per heavy atom. The minimum absolute atomic E-state index is 0.497. The molecule has 0 bridgehead atoms. The zero-order chi connectivity index (χ0) is 20.0. The van der Waals surface area contributed by atoms with Gasteiger partial charge in [0.2, 0.25) is 0 Å². The summed E-state index contributed by atoms with van der Waals surface area (Å²) in [7, 11) is 0. The van der Waals surface area contributed by atoms with Gasteiger partial charge in [-0.2, -0.15) is 0 Å². The van der Waals surface area contributed by atoms with Crippen LogP contribution in [0.2, 0.25) is 0 Å². The van der Waals surface area contributed by atoms with E-state index in [1.807, 2.05) is 42.6 Å². The zero-order valence-corrected chi connectivity index (χ0v) is 15.6. The summed E-state index contributed by atoms with van der Waals surface area (Å²) < 4.78 is 13.2. The summed E-state index contributed by atoms with van der Waals surface area (Å²) in [6.07, 6.45) is 1.54. The van der Waals surface area contributed by atoms with Crippen LogP contribution in [0.15, 0.2) is 65.7 Å². The summed E-state index contributed by atoms with van der Waals surface area (Å²) in [4.78, 5) is 8.87. The van der Waals surface area contributed by atoms with Gasteiger partial charge in [-0.05, 0) is 31.2 Å². The molecule has 1 saturated heterocycles. The Hall–Kier alpha value is -3.20. The van der Waals surface area contributed by atoms with Crippen LogP contribution in [0.25, 0.3) is 22.4 Å². The molecule has 0 saturated carbocycles. The lowest BCUT2D eigenvalue weighted by molar-refractivity contribution is -0.0296. The number of para-hydroxylation sites is 1. The second-order valence-electron chi connectivity index (χ2n) is 7.05. The van der Waals surface area contributed by atoms with E-state index in [9.17, 15) is 10.2 Å². The molecule has 0 unspecified atom stereocenters. The Balaban J connectivity index is 1.69. The number of aliphatic hydroxyl groups is 2. The van der Waals surface area contributed by atoms with Gasteiger partial charge in [-0.15, -0.1) is 0 Å². The molecular formula is C21H20N4O4. The molecule has 8 heteroatoms. The van der Waals surface area contributed by atoms with Crippen LogP contribution < -0.4 is 5.32 Å². The molecule has 5 rings (SSSR count). The maximum absolute atomic E-state index is 10.5. The van der Waals surface area contributed by atoms with Crippen molar-refractivity contribution < 1.29 is 19.4 Å². The monoisotopic (exact) mass is 392 g/mol. The number of ether oxygens (including phenoxy) is 1. The average Bonchev–Trinajstić information content (AvgIpc) is 3.45. The molecule has 1 aliphatic rings. The van der Waals surface area contributed by atoms with E-state index in [0.717, 1.165) is 16.6 Å². The lowest BCUT2D eigenvalue weighted by Crippen LogP contribution is -2.30. The SMILES string of the molecule is C[C@H]1O[C@@H](n2cc(-c3ccco3)c3c(Nc4ccccc4)ncnc32)[C@H](O)[C@@H]1O. The van der Waals surface area contributed by atoms with Gasteiger partial charge in [-0.3, -0.25) is 0 Å². The Kier molecular flexibility index (Phi) is 4.31. The summed E-state index contributed by atoms with van der Waals surface area (Å²) in [6.45, 7) is 1.73. The van der Waals surface area contributed by atoms with Gasteiger partial charge in [0.05, 0.1) is 17.8 Å². The molecule has 8 nitrogen and oxygen atoms in total. The van der Waals surface area contributed by atoms with E-state index < -0.39 is 24.5 Å². The van der Waals surface area contributed by atoms with Gasteiger partial charge < -0.3 is 29.3 Å². The van der Waals surface area contributed by atoms with Gasteiger partial charge in [0.25, 0.3) is 0 Å². The van der Waals surface area contributed by atoms with Gasteiger partial charge in [0.1, 0.15) is 35.8 Å². The smallest absolute Gasteiger partial charge is 0.164 e. The van der Waals surface area contributed by atoms with Crippen LogP contribution in [-0.4, -0.2) is 43.1 Å². The first kappa shape index (κ1) is 17.9. The number of rotatable bonds is 4. The minimum atomic E-state index is -1.08. The number of hydrogen-bond donors (Lipinski definition) is 3. The van der Waals surface area contributed by atoms with E-state index in [0.29, 0.717) is 17.2 Å². The topological polar surface area (TPSA) is 106 Å². The van der Waals surface area contributed by atoms with E-state index in [1.54, 1.807) is 23.8 Å². The van der Waals surface area contributed by atoms with Crippen LogP contribution in [-0.2, 0) is 4.74 Å². The predicted molar refractivity (Wildman–Crippen MR) is 107 cm³/mol. The van der Waals surface area contributed by atoms with Crippen LogP contribution >= 0.6 is 0 Å². The van der Waals surface area contributed by atoms with Crippen LogP contribution in [0.3, 0.4) is 0 Å². The van der Waals surface area contributed by atoms with Crippen molar-refractivity contribution in [2.75, 3.05) is 5.32 Å². The minimum Gasteiger partial charge on any atom is -0.464 e. The number of aromatic nitrogens is 3. The van der Waals surface area contributed by atoms with E-state index in [1.165, 1.54) is 6.33 Å². The molecule has 4 aromatic rings. The van der Waals surface area contributed by atoms with E-state index in [4.69, 9.17) is 9.15 Å². The van der Waals surface area contributed by atoms with Gasteiger partial charge in [0.15, 0.2) is 6.23 Å². The second kappa shape index (κ2) is 7.00. The van der Waals surface area contributed by atoms with Crippen molar-refractivity contribution in [2.24, 2.45) is 0 Å². The highest BCUT2D eigenvalue weighted by Crippen LogP contribution is 2.39. The summed E-state index contributed by atoms with van der Waals surface area (Å²) in [5.41, 5.74) is 2.20. The van der Waals surface area contributed by atoms with Crippen molar-refractivity contribution in [1.82, 2.24) is 14.5 Å². The molecule has 148 valence electrons. The molecule has 0 aliphatic carbocycles. The maximum atomic E-state index is 10.5. The van der Waals surface area contributed by atoms with Gasteiger partial charge in [-0.1, -0.05) is 18.2 Å². The highest BCUT2D eigenvalue weighted by Gasteiger charge is 2.42. The molecule has 3 N–H and O–H groups in total. The average molecular weight is 392 g/mol. The summed E-state index contributed by atoms with van der Waals surface area (Å²) in [6, 6.07) is 13.4. The van der Waals surface area contributed by atoms with Gasteiger partial charge in [-0.25, -0.2) is 9.97 Å². The lowest BCUT2D eigenvalue weighted by atomic mass is 10.1. The van der Waals surface area contributed by atoms with Crippen molar-refractivity contribution in [1.29, 1.82) is 0 Å². The predicted octanol–water partition coefficient (Wildman–Crippen LogP) is 3.07. The van der Waals surface area contributed by atoms with Crippen LogP contribution in [0.5, 0.6) is 0 Å². The zero-order valence-electron chi connectivity index (χ0n) is 15.6. The molecule has 4 heterocycles. The second-order valence-corrected chi connectivity index (χ2v) is 7.05. The summed E-state index contributed by atoms with van der Waals surface area (Å²) in [5.74, 6) is 1.24. The molecule has 0 radical (unpaired) electrons. The fourth-order valence-corrected chi connectivity index (χ4v) is 3.71. The van der Waals surface area contributed by atoms with Crippen molar-refractivity contribution in [3.05, 3.63) is 61.3 Å². The maximum Gasteiger partial charge on any atom is 0.164 e. The van der Waals surface area contributed by atoms with E-state index in [-0.39, 0.29) is 0 Å². The van der Waals surface area contributed by atoms with Crippen LogP contribution in [0.1, 0.15) is 13.2 Å². The number of aliphatic hydroxyl groups excluding tert-OH is 2. The first-order valence-corrected chi connectivity index (χ1v) is 9.36. The number of fused-ring (bicyclic) bond motifs is 1. The Morgan fingerprint density at radius 2 is 1.86 bits per heavy atom. The quantitative estimate of drug-likeness (QED) is 0.490. The molecule has 29 heavy (non-hydrogen) atoms. The first-order valence-electron chi connectivity index (χ1n) is 9.36. The largest absolute Gasteiger partial charge is 0.464 e. The molecule has 1 aliphatic heterocycles. The van der Waals surface area contributed by atoms with Gasteiger partial charge in [0, 0.05) is 17.4 Å². The fraction of sp³-hybridized carbons (Fsp3) is 0.238. The third-order valence-corrected chi connectivity index (χ3v) is 5.18. The molecule has 4 atom stereocenters. The molecular weight excluding hydrogens is 372 g/mol. The highest BCUT2D eigenvalue weighted by atomic mass is 16.6. The Bertz CT molecular complexity index is 1130. The van der Waals surface area contributed by atoms with Crippen LogP contribution in [0, 0.1) is 0 Å². The van der Waals surface area contributed by atoms with Crippen molar-refractivity contribution >= 4 is 22.5 Å². The number of nitrogens with one attached hydrogen (secondary N) is 1. The van der Waals surface area contributed by atoms with Crippen LogP contribution in [0.4, 0.5) is 11.5 Å². The van der Waals surface area contributed by atoms with Crippen molar-refractivity contribution in [2.45, 2.75) is 31.5 Å². The third-order valence-electron chi connectivity index (χ3n) is 5.18. The molecule has 0 spiro atoms. The lowest BCUT2D eigenvalue weighted by Gasteiger charge is -2.17. The highest BCUT2D eigenvalue weighted by molar-refractivity contribution is 6.01. The number of nitrogens with zero attached hydrogens (tertiary/aromatic N) is 3. The number of benzene rings is 1. The van der Waals surface area contributed by atoms with E-state index >= 15 is 0 Å². The first-order chi connectivity index (χ1) is 14.1. The Labute approximate surface area is 166 Å². The molecule has 0 amide bonds. The molecule has 3 aromatic heterocycles. The third kappa shape index (κ3) is 2.98. The number of furan rings is 1. The number of anilines is 2. The standard InChI is InChI=1S/C21H20N4O4/c1-12-17(26)18(27)21(29-12)25-10-14(15-8-5-9-28-15)16-19(22-11-23-20(16)25)24-13-6-3-2-4-7-13/h2-12,17-18,21,26-27H,1H3,(H,22,23,24)/t12-,17-,18-,21-/m1/s1. The van der Waals surface area contributed by atoms with Crippen molar-refractivity contribution in [3.8, 4) is 11.3 Å². The molecule has 1 fully saturated rings.